The number of nitrogens with two attached hydrogens (primary N) is 1. The van der Waals surface area contributed by atoms with Crippen molar-refractivity contribution in [1.82, 2.24) is 14.8 Å². The fourth-order valence-electron chi connectivity index (χ4n) is 0.610. The van der Waals surface area contributed by atoms with Crippen LogP contribution < -0.4 is 5.73 Å². The zero-order valence-electron chi connectivity index (χ0n) is 6.41. The van der Waals surface area contributed by atoms with E-state index in [2.05, 4.69) is 22.0 Å². The van der Waals surface area contributed by atoms with E-state index in [9.17, 15) is 0 Å². The SMILES string of the molecule is Cn1cnnc1C#CCCN. The first-order valence-electron chi connectivity index (χ1n) is 3.37. The summed E-state index contributed by atoms with van der Waals surface area (Å²) in [6, 6.07) is 0. The third-order valence-electron chi connectivity index (χ3n) is 1.18. The fourth-order valence-corrected chi connectivity index (χ4v) is 0.610. The number of hydrogen-bond donors (Lipinski definition) is 1. The van der Waals surface area contributed by atoms with E-state index < -0.39 is 0 Å². The lowest BCUT2D eigenvalue weighted by Crippen LogP contribution is -1.96. The molecule has 0 spiro atoms. The highest BCUT2D eigenvalue weighted by atomic mass is 15.2. The summed E-state index contributed by atoms with van der Waals surface area (Å²) < 4.78 is 1.77. The molecule has 2 N–H and O–H groups in total. The van der Waals surface area contributed by atoms with Crippen LogP contribution in [0, 0.1) is 11.8 Å². The molecule has 1 aromatic heterocycles. The van der Waals surface area contributed by atoms with Gasteiger partial charge in [0.05, 0.1) is 0 Å². The first-order chi connectivity index (χ1) is 5.34. The third-order valence-corrected chi connectivity index (χ3v) is 1.18. The van der Waals surface area contributed by atoms with Gasteiger partial charge in [0, 0.05) is 20.0 Å². The number of aryl methyl sites for hydroxylation is 1. The van der Waals surface area contributed by atoms with Gasteiger partial charge in [0.25, 0.3) is 0 Å². The number of aromatic nitrogens is 3. The Hall–Kier alpha value is -1.34. The van der Waals surface area contributed by atoms with Crippen LogP contribution >= 0.6 is 0 Å². The second kappa shape index (κ2) is 3.74. The van der Waals surface area contributed by atoms with Gasteiger partial charge in [-0.15, -0.1) is 10.2 Å². The Bertz CT molecular complexity index is 278. The van der Waals surface area contributed by atoms with Gasteiger partial charge in [0.1, 0.15) is 6.33 Å². The van der Waals surface area contributed by atoms with E-state index in [0.29, 0.717) is 18.8 Å². The van der Waals surface area contributed by atoms with Gasteiger partial charge in [0.2, 0.25) is 5.82 Å². The van der Waals surface area contributed by atoms with Crippen LogP contribution in [0.2, 0.25) is 0 Å². The largest absolute Gasteiger partial charge is 0.330 e. The molecule has 0 saturated carbocycles. The average molecular weight is 150 g/mol. The van der Waals surface area contributed by atoms with Crippen LogP contribution in [0.15, 0.2) is 6.33 Å². The number of hydrogen-bond acceptors (Lipinski definition) is 3. The van der Waals surface area contributed by atoms with Crippen molar-refractivity contribution >= 4 is 0 Å². The van der Waals surface area contributed by atoms with Gasteiger partial charge in [-0.25, -0.2) is 0 Å². The van der Waals surface area contributed by atoms with Crippen LogP contribution in [0.5, 0.6) is 0 Å². The predicted octanol–water partition coefficient (Wildman–Crippen LogP) is -0.485. The minimum Gasteiger partial charge on any atom is -0.330 e. The molecule has 0 radical (unpaired) electrons. The molecule has 0 aliphatic heterocycles. The molecule has 0 fully saturated rings. The lowest BCUT2D eigenvalue weighted by atomic mass is 10.4. The summed E-state index contributed by atoms with van der Waals surface area (Å²) in [6.07, 6.45) is 2.32. The maximum Gasteiger partial charge on any atom is 0.207 e. The van der Waals surface area contributed by atoms with E-state index in [1.165, 1.54) is 0 Å². The minimum absolute atomic E-state index is 0.588. The Balaban J connectivity index is 2.65. The van der Waals surface area contributed by atoms with Crippen molar-refractivity contribution in [3.63, 3.8) is 0 Å². The first-order valence-corrected chi connectivity index (χ1v) is 3.37. The van der Waals surface area contributed by atoms with Crippen LogP contribution in [-0.2, 0) is 7.05 Å². The van der Waals surface area contributed by atoms with E-state index in [4.69, 9.17) is 5.73 Å². The second-order valence-corrected chi connectivity index (χ2v) is 2.11. The summed E-state index contributed by atoms with van der Waals surface area (Å²) >= 11 is 0. The zero-order valence-corrected chi connectivity index (χ0v) is 6.41. The topological polar surface area (TPSA) is 56.7 Å². The molecule has 58 valence electrons. The van der Waals surface area contributed by atoms with Gasteiger partial charge in [-0.1, -0.05) is 5.92 Å². The maximum atomic E-state index is 5.26. The van der Waals surface area contributed by atoms with E-state index in [1.54, 1.807) is 10.9 Å². The van der Waals surface area contributed by atoms with E-state index >= 15 is 0 Å². The Labute approximate surface area is 65.4 Å². The molecule has 1 heterocycles. The Kier molecular flexibility index (Phi) is 2.64. The molecule has 0 aliphatic carbocycles. The van der Waals surface area contributed by atoms with Crippen molar-refractivity contribution in [2.75, 3.05) is 6.54 Å². The molecule has 0 saturated heterocycles. The van der Waals surface area contributed by atoms with E-state index in [0.717, 1.165) is 0 Å². The van der Waals surface area contributed by atoms with Gasteiger partial charge in [-0.3, -0.25) is 0 Å². The average Bonchev–Trinajstić information content (AvgIpc) is 2.37. The molecule has 11 heavy (non-hydrogen) atoms. The maximum absolute atomic E-state index is 5.26. The van der Waals surface area contributed by atoms with Crippen LogP contribution in [0.3, 0.4) is 0 Å². The van der Waals surface area contributed by atoms with Crippen molar-refractivity contribution in [3.8, 4) is 11.8 Å². The molecule has 1 aromatic rings. The molecule has 0 bridgehead atoms. The minimum atomic E-state index is 0.588. The van der Waals surface area contributed by atoms with Crippen LogP contribution in [0.25, 0.3) is 0 Å². The highest BCUT2D eigenvalue weighted by molar-refractivity contribution is 5.19. The van der Waals surface area contributed by atoms with Crippen molar-refractivity contribution in [2.24, 2.45) is 12.8 Å². The van der Waals surface area contributed by atoms with Gasteiger partial charge in [-0.05, 0) is 5.92 Å². The predicted molar refractivity (Wildman–Crippen MR) is 41.6 cm³/mol. The third kappa shape index (κ3) is 2.06. The Morgan fingerprint density at radius 1 is 1.73 bits per heavy atom. The highest BCUT2D eigenvalue weighted by Crippen LogP contribution is 1.86. The molecule has 1 rings (SSSR count). The summed E-state index contributed by atoms with van der Waals surface area (Å²) in [5.74, 6) is 6.41. The van der Waals surface area contributed by atoms with Gasteiger partial charge in [0.15, 0.2) is 0 Å². The highest BCUT2D eigenvalue weighted by Gasteiger charge is 1.91. The molecule has 4 nitrogen and oxygen atoms in total. The van der Waals surface area contributed by atoms with E-state index in [-0.39, 0.29) is 0 Å². The standard InChI is InChI=1S/C7H10N4/c1-11-6-9-10-7(11)4-2-3-5-8/h6H,3,5,8H2,1H3. The normalized spacial score (nSPS) is 8.91. The van der Waals surface area contributed by atoms with Crippen LogP contribution in [-0.4, -0.2) is 21.3 Å². The number of nitrogens with zero attached hydrogens (tertiary/aromatic N) is 3. The number of rotatable bonds is 1. The molecular weight excluding hydrogens is 140 g/mol. The lowest BCUT2D eigenvalue weighted by Gasteiger charge is -1.86. The summed E-state index contributed by atoms with van der Waals surface area (Å²) in [4.78, 5) is 0. The molecule has 0 aliphatic rings. The smallest absolute Gasteiger partial charge is 0.207 e. The van der Waals surface area contributed by atoms with E-state index in [1.807, 2.05) is 7.05 Å². The van der Waals surface area contributed by atoms with Gasteiger partial charge < -0.3 is 10.3 Å². The van der Waals surface area contributed by atoms with Gasteiger partial charge in [-0.2, -0.15) is 0 Å². The van der Waals surface area contributed by atoms with Crippen molar-refractivity contribution in [2.45, 2.75) is 6.42 Å². The molecular formula is C7H10N4. The summed E-state index contributed by atoms with van der Waals surface area (Å²) in [7, 11) is 1.85. The van der Waals surface area contributed by atoms with Gasteiger partial charge >= 0.3 is 0 Å². The fraction of sp³-hybridized carbons (Fsp3) is 0.429. The molecule has 0 aromatic carbocycles. The lowest BCUT2D eigenvalue weighted by molar-refractivity contribution is 0.891. The second-order valence-electron chi connectivity index (χ2n) is 2.11. The van der Waals surface area contributed by atoms with Crippen molar-refractivity contribution < 1.29 is 0 Å². The molecule has 4 heteroatoms. The van der Waals surface area contributed by atoms with Crippen LogP contribution in [0.4, 0.5) is 0 Å². The monoisotopic (exact) mass is 150 g/mol. The zero-order chi connectivity index (χ0) is 8.10. The Morgan fingerprint density at radius 2 is 2.55 bits per heavy atom. The molecule has 0 amide bonds. The van der Waals surface area contributed by atoms with Crippen LogP contribution in [0.1, 0.15) is 12.2 Å². The molecule has 0 atom stereocenters. The van der Waals surface area contributed by atoms with Crippen molar-refractivity contribution in [1.29, 1.82) is 0 Å². The Morgan fingerprint density at radius 3 is 3.09 bits per heavy atom. The summed E-state index contributed by atoms with van der Waals surface area (Å²) in [5, 5.41) is 7.47. The molecule has 0 unspecified atom stereocenters. The van der Waals surface area contributed by atoms with Crippen molar-refractivity contribution in [3.05, 3.63) is 12.2 Å². The summed E-state index contributed by atoms with van der Waals surface area (Å²) in [5.41, 5.74) is 5.26. The quantitative estimate of drug-likeness (QED) is 0.550. The first kappa shape index (κ1) is 7.76. The summed E-state index contributed by atoms with van der Waals surface area (Å²) in [6.45, 7) is 0.588.